The van der Waals surface area contributed by atoms with Gasteiger partial charge in [-0.15, -0.1) is 0 Å². The lowest BCUT2D eigenvalue weighted by molar-refractivity contribution is 0.0589. The Hall–Kier alpha value is -3.87. The smallest absolute Gasteiger partial charge is 0.414 e. The Bertz CT molecular complexity index is 1220. The molecule has 0 aliphatic heterocycles. The van der Waals surface area contributed by atoms with Crippen molar-refractivity contribution in [2.75, 3.05) is 11.9 Å². The first-order chi connectivity index (χ1) is 16.0. The van der Waals surface area contributed by atoms with Gasteiger partial charge in [0, 0.05) is 44.7 Å². The van der Waals surface area contributed by atoms with Crippen LogP contribution < -0.4 is 4.90 Å². The van der Waals surface area contributed by atoms with Crippen LogP contribution in [-0.2, 0) is 18.8 Å². The molecule has 0 spiro atoms. The summed E-state index contributed by atoms with van der Waals surface area (Å²) in [6.45, 7) is 7.62. The lowest BCUT2D eigenvalue weighted by Gasteiger charge is -2.24. The van der Waals surface area contributed by atoms with Crippen molar-refractivity contribution in [1.29, 1.82) is 0 Å². The van der Waals surface area contributed by atoms with Crippen LogP contribution in [0.25, 0.3) is 22.5 Å². The molecule has 7 nitrogen and oxygen atoms in total. The Kier molecular flexibility index (Phi) is 7.56. The molecule has 2 heterocycles. The van der Waals surface area contributed by atoms with Gasteiger partial charge in [0.05, 0.1) is 11.4 Å². The molecule has 0 aliphatic carbocycles. The van der Waals surface area contributed by atoms with Crippen LogP contribution in [0.4, 0.5) is 10.5 Å². The first kappa shape index (κ1) is 24.8. The van der Waals surface area contributed by atoms with Crippen LogP contribution >= 0.6 is 0 Å². The number of aromatic nitrogens is 4. The summed E-state index contributed by atoms with van der Waals surface area (Å²) in [5.41, 5.74) is 5.38. The first-order valence-corrected chi connectivity index (χ1v) is 11.2. The number of benzene rings is 2. The summed E-state index contributed by atoms with van der Waals surface area (Å²) in [6.07, 6.45) is 3.45. The predicted molar refractivity (Wildman–Crippen MR) is 137 cm³/mol. The molecule has 0 radical (unpaired) electrons. The van der Waals surface area contributed by atoms with E-state index in [-0.39, 0.29) is 0 Å². The number of hydrogen-bond donors (Lipinski definition) is 0. The summed E-state index contributed by atoms with van der Waals surface area (Å²) in [4.78, 5) is 13.7. The Morgan fingerprint density at radius 1 is 0.824 bits per heavy atom. The van der Waals surface area contributed by atoms with E-state index < -0.39 is 11.7 Å². The highest BCUT2D eigenvalue weighted by Gasteiger charge is 2.24. The number of nitrogens with zero attached hydrogens (tertiary/aromatic N) is 5. The number of carbonyl (C=O) groups is 1. The molecule has 0 aliphatic rings. The topological polar surface area (TPSA) is 65.2 Å². The van der Waals surface area contributed by atoms with Crippen LogP contribution in [0.15, 0.2) is 73.1 Å². The highest BCUT2D eigenvalue weighted by Crippen LogP contribution is 2.29. The second-order valence-corrected chi connectivity index (χ2v) is 9.14. The number of hydrogen-bond acceptors (Lipinski definition) is 4. The van der Waals surface area contributed by atoms with E-state index in [0.29, 0.717) is 0 Å². The average molecular weight is 460 g/mol. The SMILES string of the molecule is CN(C(=O)OC(C)(C)C)c1cn(C)nc1-c1ccccc1.Cc1cn(C)nc1-c1ccccc1. The lowest BCUT2D eigenvalue weighted by Crippen LogP contribution is -2.34. The third-order valence-corrected chi connectivity index (χ3v) is 4.94. The number of aryl methyl sites for hydroxylation is 3. The van der Waals surface area contributed by atoms with E-state index in [0.717, 1.165) is 22.6 Å². The second kappa shape index (κ2) is 10.4. The van der Waals surface area contributed by atoms with Gasteiger partial charge in [-0.25, -0.2) is 4.79 Å². The highest BCUT2D eigenvalue weighted by molar-refractivity contribution is 5.92. The van der Waals surface area contributed by atoms with E-state index in [1.807, 2.05) is 100 Å². The maximum Gasteiger partial charge on any atom is 0.414 e. The van der Waals surface area contributed by atoms with E-state index in [1.165, 1.54) is 16.0 Å². The predicted octanol–water partition coefficient (Wildman–Crippen LogP) is 5.85. The molecule has 0 atom stereocenters. The number of carbonyl (C=O) groups excluding carboxylic acids is 1. The largest absolute Gasteiger partial charge is 0.443 e. The van der Waals surface area contributed by atoms with Crippen molar-refractivity contribution >= 4 is 11.8 Å². The zero-order valence-corrected chi connectivity index (χ0v) is 21.0. The third kappa shape index (κ3) is 6.34. The maximum absolute atomic E-state index is 12.2. The Morgan fingerprint density at radius 3 is 1.76 bits per heavy atom. The van der Waals surface area contributed by atoms with Crippen LogP contribution in [-0.4, -0.2) is 38.3 Å². The summed E-state index contributed by atoms with van der Waals surface area (Å²) < 4.78 is 8.94. The van der Waals surface area contributed by atoms with Crippen LogP contribution in [0.2, 0.25) is 0 Å². The molecule has 34 heavy (non-hydrogen) atoms. The fourth-order valence-corrected chi connectivity index (χ4v) is 3.44. The molecule has 0 bridgehead atoms. The van der Waals surface area contributed by atoms with Crippen LogP contribution in [0.1, 0.15) is 26.3 Å². The van der Waals surface area contributed by atoms with Crippen molar-refractivity contribution in [3.8, 4) is 22.5 Å². The van der Waals surface area contributed by atoms with E-state index in [1.54, 1.807) is 11.7 Å². The average Bonchev–Trinajstić information content (AvgIpc) is 3.35. The van der Waals surface area contributed by atoms with Crippen LogP contribution in [0.3, 0.4) is 0 Å². The summed E-state index contributed by atoms with van der Waals surface area (Å²) in [7, 11) is 5.47. The van der Waals surface area contributed by atoms with Crippen LogP contribution in [0.5, 0.6) is 0 Å². The summed E-state index contributed by atoms with van der Waals surface area (Å²) in [5, 5.41) is 8.85. The molecule has 7 heteroatoms. The number of ether oxygens (including phenoxy) is 1. The Morgan fingerprint density at radius 2 is 1.29 bits per heavy atom. The molecule has 4 rings (SSSR count). The third-order valence-electron chi connectivity index (χ3n) is 4.94. The monoisotopic (exact) mass is 459 g/mol. The fraction of sp³-hybridized carbons (Fsp3) is 0.296. The van der Waals surface area contributed by atoms with Gasteiger partial charge in [0.25, 0.3) is 0 Å². The van der Waals surface area contributed by atoms with Crippen molar-refractivity contribution in [3.05, 3.63) is 78.6 Å². The number of anilines is 1. The second-order valence-electron chi connectivity index (χ2n) is 9.14. The molecule has 1 amide bonds. The Balaban J connectivity index is 0.000000212. The molecule has 2 aromatic heterocycles. The zero-order chi connectivity index (χ0) is 24.9. The van der Waals surface area contributed by atoms with Gasteiger partial charge >= 0.3 is 6.09 Å². The van der Waals surface area contributed by atoms with E-state index in [9.17, 15) is 4.79 Å². The van der Waals surface area contributed by atoms with E-state index in [4.69, 9.17) is 4.74 Å². The quantitative estimate of drug-likeness (QED) is 0.385. The minimum absolute atomic E-state index is 0.396. The van der Waals surface area contributed by atoms with Gasteiger partial charge in [-0.05, 0) is 33.3 Å². The van der Waals surface area contributed by atoms with Gasteiger partial charge in [-0.1, -0.05) is 60.7 Å². The molecule has 0 saturated heterocycles. The van der Waals surface area contributed by atoms with E-state index >= 15 is 0 Å². The molecule has 0 saturated carbocycles. The molecular weight excluding hydrogens is 426 g/mol. The van der Waals surface area contributed by atoms with Crippen molar-refractivity contribution in [3.63, 3.8) is 0 Å². The Labute approximate surface area is 201 Å². The van der Waals surface area contributed by atoms with Gasteiger partial charge in [0.1, 0.15) is 11.3 Å². The standard InChI is InChI=1S/C16H21N3O2.C11H12N2/c1-16(2,3)21-15(20)19(5)13-11-18(4)17-14(13)12-9-7-6-8-10-12;1-9-8-13(2)12-11(9)10-6-4-3-5-7-10/h6-11H,1-5H3;3-8H,1-2H3. The maximum atomic E-state index is 12.2. The molecule has 178 valence electrons. The lowest BCUT2D eigenvalue weighted by atomic mass is 10.1. The molecule has 4 aromatic rings. The van der Waals surface area contributed by atoms with Crippen molar-refractivity contribution in [1.82, 2.24) is 19.6 Å². The molecule has 2 aromatic carbocycles. The minimum atomic E-state index is -0.527. The van der Waals surface area contributed by atoms with Crippen molar-refractivity contribution in [2.24, 2.45) is 14.1 Å². The first-order valence-electron chi connectivity index (χ1n) is 11.2. The molecule has 0 unspecified atom stereocenters. The fourth-order valence-electron chi connectivity index (χ4n) is 3.44. The summed E-state index contributed by atoms with van der Waals surface area (Å²) in [6, 6.07) is 20.0. The highest BCUT2D eigenvalue weighted by atomic mass is 16.6. The van der Waals surface area contributed by atoms with Crippen LogP contribution in [0, 0.1) is 6.92 Å². The number of rotatable bonds is 3. The van der Waals surface area contributed by atoms with Gasteiger partial charge in [0.2, 0.25) is 0 Å². The normalized spacial score (nSPS) is 10.9. The molecule has 0 N–H and O–H groups in total. The summed E-state index contributed by atoms with van der Waals surface area (Å²) in [5.74, 6) is 0. The zero-order valence-electron chi connectivity index (χ0n) is 21.0. The summed E-state index contributed by atoms with van der Waals surface area (Å²) >= 11 is 0. The molecule has 0 fully saturated rings. The van der Waals surface area contributed by atoms with Gasteiger partial charge in [-0.2, -0.15) is 10.2 Å². The molecular formula is C27H33N5O2. The minimum Gasteiger partial charge on any atom is -0.443 e. The van der Waals surface area contributed by atoms with E-state index in [2.05, 4.69) is 29.3 Å². The van der Waals surface area contributed by atoms with Crippen molar-refractivity contribution in [2.45, 2.75) is 33.3 Å². The number of amides is 1. The van der Waals surface area contributed by atoms with Gasteiger partial charge in [-0.3, -0.25) is 14.3 Å². The van der Waals surface area contributed by atoms with Gasteiger partial charge < -0.3 is 4.74 Å². The van der Waals surface area contributed by atoms with Gasteiger partial charge in [0.15, 0.2) is 0 Å². The van der Waals surface area contributed by atoms with Crippen molar-refractivity contribution < 1.29 is 9.53 Å².